The molecule has 1 heterocycles. The van der Waals surface area contributed by atoms with Gasteiger partial charge in [-0.05, 0) is 20.3 Å². The fourth-order valence-electron chi connectivity index (χ4n) is 1.74. The average Bonchev–Trinajstić information content (AvgIpc) is 2.52. The summed E-state index contributed by atoms with van der Waals surface area (Å²) in [5, 5.41) is 3.08. The number of amides is 1. The summed E-state index contributed by atoms with van der Waals surface area (Å²) in [7, 11) is 0. The standard InChI is InChI=1S/C11H22N2O/c1-8(2)11(14)12-10-5-6-13(7-10)9(3)4/h8-10H,5-7H2,1-4H3,(H,12,14). The minimum absolute atomic E-state index is 0.100. The first-order valence-corrected chi connectivity index (χ1v) is 5.55. The van der Waals surface area contributed by atoms with Crippen molar-refractivity contribution >= 4 is 5.91 Å². The summed E-state index contributed by atoms with van der Waals surface area (Å²) in [5.41, 5.74) is 0. The molecular weight excluding hydrogens is 176 g/mol. The molecule has 3 heteroatoms. The summed E-state index contributed by atoms with van der Waals surface area (Å²) >= 11 is 0. The van der Waals surface area contributed by atoms with Crippen LogP contribution in [0, 0.1) is 5.92 Å². The minimum atomic E-state index is 0.100. The number of rotatable bonds is 3. The molecule has 1 aliphatic rings. The Morgan fingerprint density at radius 3 is 2.43 bits per heavy atom. The number of nitrogens with one attached hydrogen (secondary N) is 1. The molecule has 1 fully saturated rings. The molecule has 0 aromatic carbocycles. The second-order valence-electron chi connectivity index (χ2n) is 4.74. The third kappa shape index (κ3) is 2.98. The van der Waals surface area contributed by atoms with E-state index in [4.69, 9.17) is 0 Å². The van der Waals surface area contributed by atoms with Crippen LogP contribution in [0.2, 0.25) is 0 Å². The highest BCUT2D eigenvalue weighted by Gasteiger charge is 2.25. The van der Waals surface area contributed by atoms with Gasteiger partial charge in [0.05, 0.1) is 0 Å². The number of carbonyl (C=O) groups is 1. The summed E-state index contributed by atoms with van der Waals surface area (Å²) in [6.07, 6.45) is 1.09. The molecule has 0 radical (unpaired) electrons. The van der Waals surface area contributed by atoms with Gasteiger partial charge in [-0.25, -0.2) is 0 Å². The van der Waals surface area contributed by atoms with E-state index in [1.54, 1.807) is 0 Å². The van der Waals surface area contributed by atoms with E-state index in [0.29, 0.717) is 12.1 Å². The lowest BCUT2D eigenvalue weighted by atomic mass is 10.2. The topological polar surface area (TPSA) is 32.3 Å². The van der Waals surface area contributed by atoms with Crippen LogP contribution in [-0.2, 0) is 4.79 Å². The normalized spacial score (nSPS) is 23.4. The predicted molar refractivity (Wildman–Crippen MR) is 58.1 cm³/mol. The SMILES string of the molecule is CC(C)C(=O)NC1CCN(C(C)C)C1. The van der Waals surface area contributed by atoms with Crippen molar-refractivity contribution in [3.05, 3.63) is 0 Å². The highest BCUT2D eigenvalue weighted by Crippen LogP contribution is 2.12. The molecule has 0 bridgehead atoms. The van der Waals surface area contributed by atoms with Gasteiger partial charge in [-0.15, -0.1) is 0 Å². The number of hydrogen-bond acceptors (Lipinski definition) is 2. The zero-order chi connectivity index (χ0) is 10.7. The number of hydrogen-bond donors (Lipinski definition) is 1. The van der Waals surface area contributed by atoms with Gasteiger partial charge in [0.2, 0.25) is 5.91 Å². The molecule has 1 aliphatic heterocycles. The Balaban J connectivity index is 2.32. The lowest BCUT2D eigenvalue weighted by Gasteiger charge is -2.20. The van der Waals surface area contributed by atoms with Gasteiger partial charge in [-0.1, -0.05) is 13.8 Å². The second-order valence-corrected chi connectivity index (χ2v) is 4.74. The lowest BCUT2D eigenvalue weighted by molar-refractivity contribution is -0.124. The van der Waals surface area contributed by atoms with Gasteiger partial charge in [-0.3, -0.25) is 9.69 Å². The van der Waals surface area contributed by atoms with Crippen molar-refractivity contribution < 1.29 is 4.79 Å². The quantitative estimate of drug-likeness (QED) is 0.740. The molecule has 14 heavy (non-hydrogen) atoms. The number of carbonyl (C=O) groups excluding carboxylic acids is 1. The summed E-state index contributed by atoms with van der Waals surface area (Å²) in [6.45, 7) is 10.4. The Bertz CT molecular complexity index is 201. The van der Waals surface area contributed by atoms with Gasteiger partial charge >= 0.3 is 0 Å². The molecule has 0 spiro atoms. The highest BCUT2D eigenvalue weighted by atomic mass is 16.1. The first-order chi connectivity index (χ1) is 6.50. The summed E-state index contributed by atoms with van der Waals surface area (Å²) in [6, 6.07) is 0.961. The lowest BCUT2D eigenvalue weighted by Crippen LogP contribution is -2.40. The Kier molecular flexibility index (Phi) is 3.93. The maximum atomic E-state index is 11.4. The summed E-state index contributed by atoms with van der Waals surface area (Å²) < 4.78 is 0. The third-order valence-electron chi connectivity index (χ3n) is 2.82. The molecule has 82 valence electrons. The van der Waals surface area contributed by atoms with Crippen LogP contribution in [0.25, 0.3) is 0 Å². The van der Waals surface area contributed by atoms with Crippen LogP contribution in [-0.4, -0.2) is 36.0 Å². The Labute approximate surface area is 86.9 Å². The van der Waals surface area contributed by atoms with E-state index in [1.165, 1.54) is 0 Å². The number of nitrogens with zero attached hydrogens (tertiary/aromatic N) is 1. The zero-order valence-corrected chi connectivity index (χ0v) is 9.71. The molecule has 1 amide bonds. The largest absolute Gasteiger partial charge is 0.352 e. The highest BCUT2D eigenvalue weighted by molar-refractivity contribution is 5.78. The van der Waals surface area contributed by atoms with Crippen LogP contribution in [0.4, 0.5) is 0 Å². The van der Waals surface area contributed by atoms with Crippen molar-refractivity contribution in [2.24, 2.45) is 5.92 Å². The van der Waals surface area contributed by atoms with Gasteiger partial charge in [0.1, 0.15) is 0 Å². The van der Waals surface area contributed by atoms with Crippen molar-refractivity contribution in [1.82, 2.24) is 10.2 Å². The van der Waals surface area contributed by atoms with Gasteiger partial charge < -0.3 is 5.32 Å². The Morgan fingerprint density at radius 1 is 1.36 bits per heavy atom. The fourth-order valence-corrected chi connectivity index (χ4v) is 1.74. The molecule has 1 saturated heterocycles. The molecule has 1 atom stereocenters. The monoisotopic (exact) mass is 198 g/mol. The maximum Gasteiger partial charge on any atom is 0.222 e. The van der Waals surface area contributed by atoms with E-state index in [0.717, 1.165) is 19.5 Å². The van der Waals surface area contributed by atoms with Gasteiger partial charge in [0.15, 0.2) is 0 Å². The predicted octanol–water partition coefficient (Wildman–Crippen LogP) is 1.24. The van der Waals surface area contributed by atoms with Crippen LogP contribution >= 0.6 is 0 Å². The average molecular weight is 198 g/mol. The molecule has 1 unspecified atom stereocenters. The van der Waals surface area contributed by atoms with Crippen LogP contribution < -0.4 is 5.32 Å². The number of likely N-dealkylation sites (tertiary alicyclic amines) is 1. The first kappa shape index (κ1) is 11.5. The Hall–Kier alpha value is -0.570. The molecule has 0 aliphatic carbocycles. The van der Waals surface area contributed by atoms with E-state index < -0.39 is 0 Å². The third-order valence-corrected chi connectivity index (χ3v) is 2.82. The molecule has 1 rings (SSSR count). The fraction of sp³-hybridized carbons (Fsp3) is 0.909. The second kappa shape index (κ2) is 4.78. The van der Waals surface area contributed by atoms with E-state index in [1.807, 2.05) is 13.8 Å². The van der Waals surface area contributed by atoms with Crippen molar-refractivity contribution in [3.63, 3.8) is 0 Å². The molecule has 1 N–H and O–H groups in total. The van der Waals surface area contributed by atoms with E-state index in [9.17, 15) is 4.79 Å². The molecule has 0 saturated carbocycles. The van der Waals surface area contributed by atoms with Crippen molar-refractivity contribution in [3.8, 4) is 0 Å². The van der Waals surface area contributed by atoms with Crippen LogP contribution in [0.5, 0.6) is 0 Å². The summed E-state index contributed by atoms with van der Waals surface area (Å²) in [5.74, 6) is 0.281. The molecule has 3 nitrogen and oxygen atoms in total. The van der Waals surface area contributed by atoms with E-state index in [-0.39, 0.29) is 11.8 Å². The van der Waals surface area contributed by atoms with E-state index in [2.05, 4.69) is 24.1 Å². The van der Waals surface area contributed by atoms with Gasteiger partial charge in [0, 0.05) is 31.1 Å². The van der Waals surface area contributed by atoms with Crippen LogP contribution in [0.1, 0.15) is 34.1 Å². The minimum Gasteiger partial charge on any atom is -0.352 e. The van der Waals surface area contributed by atoms with Crippen molar-refractivity contribution in [2.45, 2.75) is 46.2 Å². The Morgan fingerprint density at radius 2 is 2.00 bits per heavy atom. The zero-order valence-electron chi connectivity index (χ0n) is 9.71. The molecule has 0 aromatic rings. The van der Waals surface area contributed by atoms with Crippen LogP contribution in [0.15, 0.2) is 0 Å². The van der Waals surface area contributed by atoms with Crippen molar-refractivity contribution in [2.75, 3.05) is 13.1 Å². The molecular formula is C11H22N2O. The summed E-state index contributed by atoms with van der Waals surface area (Å²) in [4.78, 5) is 13.9. The van der Waals surface area contributed by atoms with Gasteiger partial charge in [0.25, 0.3) is 0 Å². The van der Waals surface area contributed by atoms with Crippen LogP contribution in [0.3, 0.4) is 0 Å². The molecule has 0 aromatic heterocycles. The first-order valence-electron chi connectivity index (χ1n) is 5.55. The smallest absolute Gasteiger partial charge is 0.222 e. The van der Waals surface area contributed by atoms with Crippen molar-refractivity contribution in [1.29, 1.82) is 0 Å². The maximum absolute atomic E-state index is 11.4. The van der Waals surface area contributed by atoms with E-state index >= 15 is 0 Å². The van der Waals surface area contributed by atoms with Gasteiger partial charge in [-0.2, -0.15) is 0 Å².